The van der Waals surface area contributed by atoms with Crippen molar-refractivity contribution in [2.24, 2.45) is 5.73 Å². The zero-order valence-corrected chi connectivity index (χ0v) is 13.9. The number of hydrogen-bond acceptors (Lipinski definition) is 5. The van der Waals surface area contributed by atoms with Crippen LogP contribution in [0.15, 0.2) is 66.9 Å². The van der Waals surface area contributed by atoms with Crippen molar-refractivity contribution in [3.63, 3.8) is 0 Å². The number of benzene rings is 2. The first-order valence-electron chi connectivity index (χ1n) is 7.46. The predicted octanol–water partition coefficient (Wildman–Crippen LogP) is 3.00. The lowest BCUT2D eigenvalue weighted by atomic mass is 10.1. The summed E-state index contributed by atoms with van der Waals surface area (Å²) < 4.78 is 5.86. The lowest BCUT2D eigenvalue weighted by Crippen LogP contribution is -2.25. The standard InChI is InChI=1S/C18H15N3O3S/c19-16(22)14-11-20-18(25-14)21-17(23)15(12-7-3-1-4-8-12)24-13-9-5-2-6-10-13/h1-11,15H,(H2,19,22)(H,20,21,23). The van der Waals surface area contributed by atoms with E-state index in [2.05, 4.69) is 10.3 Å². The van der Waals surface area contributed by atoms with Crippen molar-refractivity contribution in [3.8, 4) is 5.75 Å². The first-order valence-corrected chi connectivity index (χ1v) is 8.28. The quantitative estimate of drug-likeness (QED) is 0.712. The lowest BCUT2D eigenvalue weighted by molar-refractivity contribution is -0.123. The molecule has 0 aliphatic rings. The molecule has 0 saturated carbocycles. The second-order valence-electron chi connectivity index (χ2n) is 5.10. The molecular formula is C18H15N3O3S. The van der Waals surface area contributed by atoms with Crippen LogP contribution in [0.4, 0.5) is 5.13 Å². The minimum Gasteiger partial charge on any atom is -0.476 e. The minimum absolute atomic E-state index is 0.274. The second-order valence-corrected chi connectivity index (χ2v) is 6.14. The maximum atomic E-state index is 12.7. The number of para-hydroxylation sites is 1. The maximum Gasteiger partial charge on any atom is 0.271 e. The summed E-state index contributed by atoms with van der Waals surface area (Å²) in [4.78, 5) is 28.1. The highest BCUT2D eigenvalue weighted by atomic mass is 32.1. The van der Waals surface area contributed by atoms with Gasteiger partial charge < -0.3 is 10.5 Å². The van der Waals surface area contributed by atoms with Gasteiger partial charge in [-0.25, -0.2) is 4.98 Å². The normalized spacial score (nSPS) is 11.5. The molecule has 1 unspecified atom stereocenters. The van der Waals surface area contributed by atoms with Crippen molar-refractivity contribution in [1.82, 2.24) is 4.98 Å². The highest BCUT2D eigenvalue weighted by Crippen LogP contribution is 2.25. The van der Waals surface area contributed by atoms with Crippen LogP contribution in [0.1, 0.15) is 21.3 Å². The van der Waals surface area contributed by atoms with Gasteiger partial charge in [0.05, 0.1) is 6.20 Å². The summed E-state index contributed by atoms with van der Waals surface area (Å²) in [6.45, 7) is 0. The number of rotatable bonds is 6. The van der Waals surface area contributed by atoms with Gasteiger partial charge in [0.2, 0.25) is 6.10 Å². The highest BCUT2D eigenvalue weighted by Gasteiger charge is 2.24. The molecule has 0 radical (unpaired) electrons. The number of carbonyl (C=O) groups is 2. The molecule has 0 aliphatic heterocycles. The van der Waals surface area contributed by atoms with E-state index in [0.717, 1.165) is 11.3 Å². The van der Waals surface area contributed by atoms with E-state index in [-0.39, 0.29) is 15.9 Å². The van der Waals surface area contributed by atoms with Gasteiger partial charge in [-0.1, -0.05) is 59.9 Å². The van der Waals surface area contributed by atoms with Crippen LogP contribution >= 0.6 is 11.3 Å². The molecule has 2 amide bonds. The molecule has 7 heteroatoms. The van der Waals surface area contributed by atoms with Crippen molar-refractivity contribution >= 4 is 28.3 Å². The summed E-state index contributed by atoms with van der Waals surface area (Å²) in [6, 6.07) is 18.2. The fourth-order valence-corrected chi connectivity index (χ4v) is 2.82. The van der Waals surface area contributed by atoms with Gasteiger partial charge in [-0.15, -0.1) is 0 Å². The van der Waals surface area contributed by atoms with Crippen LogP contribution in [0.25, 0.3) is 0 Å². The Morgan fingerprint density at radius 2 is 1.68 bits per heavy atom. The number of nitrogens with zero attached hydrogens (tertiary/aromatic N) is 1. The Hall–Kier alpha value is -3.19. The van der Waals surface area contributed by atoms with E-state index in [9.17, 15) is 9.59 Å². The number of hydrogen-bond donors (Lipinski definition) is 2. The minimum atomic E-state index is -0.857. The molecule has 3 aromatic rings. The molecule has 1 aromatic heterocycles. The molecule has 0 saturated heterocycles. The molecule has 0 aliphatic carbocycles. The summed E-state index contributed by atoms with van der Waals surface area (Å²) in [5.74, 6) is -0.401. The monoisotopic (exact) mass is 353 g/mol. The third-order valence-corrected chi connectivity index (χ3v) is 4.24. The van der Waals surface area contributed by atoms with Crippen molar-refractivity contribution in [1.29, 1.82) is 0 Å². The van der Waals surface area contributed by atoms with E-state index in [1.54, 1.807) is 12.1 Å². The Morgan fingerprint density at radius 1 is 1.04 bits per heavy atom. The smallest absolute Gasteiger partial charge is 0.271 e. The first-order chi connectivity index (χ1) is 12.1. The number of nitrogens with one attached hydrogen (secondary N) is 1. The largest absolute Gasteiger partial charge is 0.476 e. The first kappa shape index (κ1) is 16.7. The number of amides is 2. The second kappa shape index (κ2) is 7.59. The molecule has 0 fully saturated rings. The molecule has 126 valence electrons. The summed E-state index contributed by atoms with van der Waals surface area (Å²) in [6.07, 6.45) is 0.475. The van der Waals surface area contributed by atoms with Crippen LogP contribution in [-0.4, -0.2) is 16.8 Å². The van der Waals surface area contributed by atoms with Gasteiger partial charge in [0.25, 0.3) is 11.8 Å². The van der Waals surface area contributed by atoms with Crippen molar-refractivity contribution in [2.75, 3.05) is 5.32 Å². The number of aromatic nitrogens is 1. The molecule has 1 heterocycles. The Balaban J connectivity index is 1.82. The zero-order chi connectivity index (χ0) is 17.6. The van der Waals surface area contributed by atoms with E-state index in [1.165, 1.54) is 6.20 Å². The predicted molar refractivity (Wildman–Crippen MR) is 95.5 cm³/mol. The van der Waals surface area contributed by atoms with Gasteiger partial charge in [0.1, 0.15) is 10.6 Å². The van der Waals surface area contributed by atoms with Gasteiger partial charge in [-0.3, -0.25) is 14.9 Å². The maximum absolute atomic E-state index is 12.7. The topological polar surface area (TPSA) is 94.3 Å². The number of nitrogens with two attached hydrogens (primary N) is 1. The van der Waals surface area contributed by atoms with Gasteiger partial charge in [0.15, 0.2) is 5.13 Å². The third-order valence-electron chi connectivity index (χ3n) is 3.32. The average Bonchev–Trinajstić information content (AvgIpc) is 3.10. The lowest BCUT2D eigenvalue weighted by Gasteiger charge is -2.18. The Kier molecular flexibility index (Phi) is 5.06. The zero-order valence-electron chi connectivity index (χ0n) is 13.1. The molecule has 0 bridgehead atoms. The van der Waals surface area contributed by atoms with Crippen LogP contribution in [0.2, 0.25) is 0 Å². The highest BCUT2D eigenvalue weighted by molar-refractivity contribution is 7.17. The van der Waals surface area contributed by atoms with E-state index in [4.69, 9.17) is 10.5 Å². The molecule has 1 atom stereocenters. The third kappa shape index (κ3) is 4.21. The van der Waals surface area contributed by atoms with Gasteiger partial charge in [0, 0.05) is 5.56 Å². The number of ether oxygens (including phenoxy) is 1. The molecule has 3 N–H and O–H groups in total. The summed E-state index contributed by atoms with van der Waals surface area (Å²) in [5.41, 5.74) is 5.91. The van der Waals surface area contributed by atoms with Crippen molar-refractivity contribution in [3.05, 3.63) is 77.3 Å². The summed E-state index contributed by atoms with van der Waals surface area (Å²) in [5, 5.41) is 2.96. The molecule has 25 heavy (non-hydrogen) atoms. The van der Waals surface area contributed by atoms with Gasteiger partial charge in [-0.2, -0.15) is 0 Å². The van der Waals surface area contributed by atoms with E-state index < -0.39 is 12.0 Å². The van der Waals surface area contributed by atoms with Crippen LogP contribution in [0.3, 0.4) is 0 Å². The molecule has 0 spiro atoms. The van der Waals surface area contributed by atoms with Gasteiger partial charge in [-0.05, 0) is 12.1 Å². The van der Waals surface area contributed by atoms with Crippen LogP contribution in [0, 0.1) is 0 Å². The Bertz CT molecular complexity index is 866. The van der Waals surface area contributed by atoms with E-state index >= 15 is 0 Å². The van der Waals surface area contributed by atoms with Crippen LogP contribution < -0.4 is 15.8 Å². The number of carbonyl (C=O) groups excluding carboxylic acids is 2. The van der Waals surface area contributed by atoms with E-state index in [0.29, 0.717) is 11.3 Å². The van der Waals surface area contributed by atoms with Crippen molar-refractivity contribution in [2.45, 2.75) is 6.10 Å². The fourth-order valence-electron chi connectivity index (χ4n) is 2.15. The molecule has 3 rings (SSSR count). The molecule has 2 aromatic carbocycles. The van der Waals surface area contributed by atoms with Crippen molar-refractivity contribution < 1.29 is 14.3 Å². The van der Waals surface area contributed by atoms with Crippen LogP contribution in [-0.2, 0) is 4.79 Å². The number of thiazole rings is 1. The average molecular weight is 353 g/mol. The fraction of sp³-hybridized carbons (Fsp3) is 0.0556. The summed E-state index contributed by atoms with van der Waals surface area (Å²) in [7, 11) is 0. The Labute approximate surface area is 148 Å². The Morgan fingerprint density at radius 3 is 2.28 bits per heavy atom. The molecular weight excluding hydrogens is 338 g/mol. The van der Waals surface area contributed by atoms with Gasteiger partial charge >= 0.3 is 0 Å². The number of anilines is 1. The SMILES string of the molecule is NC(=O)c1cnc(NC(=O)C(Oc2ccccc2)c2ccccc2)s1. The van der Waals surface area contributed by atoms with E-state index in [1.807, 2.05) is 48.5 Å². The summed E-state index contributed by atoms with van der Waals surface area (Å²) >= 11 is 1.02. The molecule has 6 nitrogen and oxygen atoms in total. The van der Waals surface area contributed by atoms with Crippen LogP contribution in [0.5, 0.6) is 5.75 Å². The number of primary amides is 1.